The first kappa shape index (κ1) is 21.5. The number of hydrogen-bond donors (Lipinski definition) is 2. The Hall–Kier alpha value is -3.00. The number of fused-ring (bicyclic) bond motifs is 6. The highest BCUT2D eigenvalue weighted by molar-refractivity contribution is 5.89. The van der Waals surface area contributed by atoms with E-state index in [1.807, 2.05) is 12.1 Å². The van der Waals surface area contributed by atoms with Crippen molar-refractivity contribution < 1.29 is 4.42 Å². The van der Waals surface area contributed by atoms with Crippen LogP contribution in [-0.4, -0.2) is 58.2 Å². The minimum Gasteiger partial charge on any atom is -0.460 e. The Bertz CT molecular complexity index is 1270. The molecule has 4 heterocycles. The maximum atomic E-state index is 6.10. The summed E-state index contributed by atoms with van der Waals surface area (Å²) in [7, 11) is 0. The highest BCUT2D eigenvalue weighted by atomic mass is 16.3. The van der Waals surface area contributed by atoms with Gasteiger partial charge in [0.15, 0.2) is 0 Å². The van der Waals surface area contributed by atoms with Crippen LogP contribution in [0.4, 0.5) is 5.82 Å². The first-order chi connectivity index (χ1) is 16.6. The van der Waals surface area contributed by atoms with Crippen LogP contribution in [-0.2, 0) is 13.1 Å². The molecule has 2 atom stereocenters. The molecule has 2 aromatic carbocycles. The van der Waals surface area contributed by atoms with Crippen LogP contribution < -0.4 is 10.6 Å². The molecule has 34 heavy (non-hydrogen) atoms. The smallest absolute Gasteiger partial charge is 0.145 e. The van der Waals surface area contributed by atoms with Crippen LogP contribution >= 0.6 is 0 Å². The monoisotopic (exact) mass is 456 g/mol. The van der Waals surface area contributed by atoms with Crippen LogP contribution in [0.1, 0.15) is 25.4 Å². The number of benzene rings is 2. The van der Waals surface area contributed by atoms with E-state index in [4.69, 9.17) is 14.4 Å². The normalized spacial score (nSPS) is 22.1. The van der Waals surface area contributed by atoms with E-state index in [9.17, 15) is 0 Å². The van der Waals surface area contributed by atoms with Crippen molar-refractivity contribution in [3.05, 3.63) is 66.2 Å². The van der Waals surface area contributed by atoms with Crippen molar-refractivity contribution in [2.45, 2.75) is 39.1 Å². The van der Waals surface area contributed by atoms with E-state index in [0.717, 1.165) is 73.2 Å². The highest BCUT2D eigenvalue weighted by Gasteiger charge is 2.30. The third-order valence-electron chi connectivity index (χ3n) is 7.13. The van der Waals surface area contributed by atoms with Crippen molar-refractivity contribution in [1.29, 1.82) is 0 Å². The molecule has 2 aliphatic heterocycles. The molecule has 2 bridgehead atoms. The molecule has 1 saturated heterocycles. The fourth-order valence-electron chi connectivity index (χ4n) is 5.12. The van der Waals surface area contributed by atoms with Crippen LogP contribution in [0.5, 0.6) is 0 Å². The molecule has 6 rings (SSSR count). The van der Waals surface area contributed by atoms with Gasteiger partial charge in [-0.25, -0.2) is 9.97 Å². The molecule has 7 nitrogen and oxygen atoms in total. The molecule has 1 fully saturated rings. The summed E-state index contributed by atoms with van der Waals surface area (Å²) in [4.78, 5) is 14.9. The van der Waals surface area contributed by atoms with Gasteiger partial charge in [0.05, 0.1) is 24.8 Å². The minimum atomic E-state index is 0.234. The zero-order valence-corrected chi connectivity index (χ0v) is 19.9. The number of furan rings is 1. The molecule has 2 N–H and O–H groups in total. The molecule has 0 saturated carbocycles. The number of hydrogen-bond acceptors (Lipinski definition) is 7. The van der Waals surface area contributed by atoms with E-state index < -0.39 is 0 Å². The predicted molar refractivity (Wildman–Crippen MR) is 135 cm³/mol. The Morgan fingerprint density at radius 1 is 1.06 bits per heavy atom. The first-order valence-corrected chi connectivity index (χ1v) is 12.3. The molecule has 176 valence electrons. The fourth-order valence-corrected chi connectivity index (χ4v) is 5.12. The summed E-state index contributed by atoms with van der Waals surface area (Å²) in [6.45, 7) is 9.85. The molecule has 4 aromatic rings. The van der Waals surface area contributed by atoms with Gasteiger partial charge in [-0.1, -0.05) is 44.2 Å². The van der Waals surface area contributed by atoms with Crippen molar-refractivity contribution in [2.75, 3.05) is 31.5 Å². The third kappa shape index (κ3) is 4.27. The number of piperazine rings is 1. The number of nitrogens with one attached hydrogen (secondary N) is 2. The molecule has 0 radical (unpaired) electrons. The second-order valence-corrected chi connectivity index (χ2v) is 9.88. The summed E-state index contributed by atoms with van der Waals surface area (Å²) >= 11 is 0. The summed E-state index contributed by atoms with van der Waals surface area (Å²) in [5, 5.41) is 9.85. The number of para-hydroxylation sites is 2. The second kappa shape index (κ2) is 8.98. The zero-order chi connectivity index (χ0) is 23.1. The average Bonchev–Trinajstić information content (AvgIpc) is 3.25. The van der Waals surface area contributed by atoms with Gasteiger partial charge in [0, 0.05) is 43.0 Å². The van der Waals surface area contributed by atoms with Gasteiger partial charge in [-0.2, -0.15) is 0 Å². The van der Waals surface area contributed by atoms with Crippen LogP contribution in [0.3, 0.4) is 0 Å². The average molecular weight is 457 g/mol. The van der Waals surface area contributed by atoms with Crippen LogP contribution in [0, 0.1) is 5.92 Å². The number of anilines is 1. The van der Waals surface area contributed by atoms with Gasteiger partial charge in [0.2, 0.25) is 0 Å². The standard InChI is InChI=1S/C27H32N6O/c1-18(2)23-14-28-26-17-32(15-20-13-19-7-3-6-10-24(19)34-20)11-12-33(26)16-25-29-22-9-5-4-8-21(22)27(30-23)31-25/h3-10,13,18,23,26,28H,11-12,14-17H2,1-2H3,(H,29,30,31)/t23-,26?/m1/s1. The van der Waals surface area contributed by atoms with E-state index in [1.54, 1.807) is 0 Å². The van der Waals surface area contributed by atoms with Crippen LogP contribution in [0.15, 0.2) is 59.0 Å². The van der Waals surface area contributed by atoms with Crippen molar-refractivity contribution in [2.24, 2.45) is 5.92 Å². The predicted octanol–water partition coefficient (Wildman–Crippen LogP) is 4.06. The maximum Gasteiger partial charge on any atom is 0.145 e. The first-order valence-electron chi connectivity index (χ1n) is 12.3. The topological polar surface area (TPSA) is 69.5 Å². The summed E-state index contributed by atoms with van der Waals surface area (Å²) in [5.74, 6) is 3.32. The van der Waals surface area contributed by atoms with E-state index >= 15 is 0 Å². The largest absolute Gasteiger partial charge is 0.460 e. The molecule has 7 heteroatoms. The zero-order valence-electron chi connectivity index (χ0n) is 19.9. The molecule has 1 unspecified atom stereocenters. The van der Waals surface area contributed by atoms with E-state index in [0.29, 0.717) is 5.92 Å². The maximum absolute atomic E-state index is 6.10. The number of rotatable bonds is 3. The van der Waals surface area contributed by atoms with Crippen molar-refractivity contribution in [3.8, 4) is 0 Å². The Morgan fingerprint density at radius 2 is 1.91 bits per heavy atom. The molecule has 0 spiro atoms. The second-order valence-electron chi connectivity index (χ2n) is 9.88. The Morgan fingerprint density at radius 3 is 2.79 bits per heavy atom. The van der Waals surface area contributed by atoms with Gasteiger partial charge in [-0.15, -0.1) is 0 Å². The Balaban J connectivity index is 1.26. The minimum absolute atomic E-state index is 0.234. The number of nitrogens with zero attached hydrogens (tertiary/aromatic N) is 4. The molecule has 0 aliphatic carbocycles. The van der Waals surface area contributed by atoms with Crippen LogP contribution in [0.25, 0.3) is 21.9 Å². The SMILES string of the molecule is CC(C)[C@H]1CNC2CN(Cc3cc4ccccc4o3)CCN2Cc2nc(c3ccccc3n2)N1. The summed E-state index contributed by atoms with van der Waals surface area (Å²) in [6, 6.07) is 19.0. The summed E-state index contributed by atoms with van der Waals surface area (Å²) in [5.41, 5.74) is 1.97. The highest BCUT2D eigenvalue weighted by Crippen LogP contribution is 2.25. The van der Waals surface area contributed by atoms with Gasteiger partial charge in [0.1, 0.15) is 23.0 Å². The lowest BCUT2D eigenvalue weighted by molar-refractivity contribution is 0.0401. The van der Waals surface area contributed by atoms with Gasteiger partial charge in [-0.05, 0) is 30.2 Å². The van der Waals surface area contributed by atoms with Crippen molar-refractivity contribution >= 4 is 27.7 Å². The Kier molecular flexibility index (Phi) is 5.69. The van der Waals surface area contributed by atoms with E-state index in [-0.39, 0.29) is 12.2 Å². The van der Waals surface area contributed by atoms with Crippen LogP contribution in [0.2, 0.25) is 0 Å². The van der Waals surface area contributed by atoms with Gasteiger partial charge < -0.3 is 9.73 Å². The van der Waals surface area contributed by atoms with Crippen molar-refractivity contribution in [1.82, 2.24) is 25.1 Å². The fraction of sp³-hybridized carbons (Fsp3) is 0.407. The van der Waals surface area contributed by atoms with Crippen molar-refractivity contribution in [3.63, 3.8) is 0 Å². The van der Waals surface area contributed by atoms with Gasteiger partial charge >= 0.3 is 0 Å². The summed E-state index contributed by atoms with van der Waals surface area (Å²) < 4.78 is 6.10. The lowest BCUT2D eigenvalue weighted by atomic mass is 10.0. The quantitative estimate of drug-likeness (QED) is 0.482. The lowest BCUT2D eigenvalue weighted by Gasteiger charge is -2.42. The molecular weight excluding hydrogens is 424 g/mol. The summed E-state index contributed by atoms with van der Waals surface area (Å²) in [6.07, 6.45) is 0.234. The number of aromatic nitrogens is 2. The molecule has 2 aliphatic rings. The van der Waals surface area contributed by atoms with Gasteiger partial charge in [-0.3, -0.25) is 15.1 Å². The molecule has 0 amide bonds. The third-order valence-corrected chi connectivity index (χ3v) is 7.13. The Labute approximate surface area is 200 Å². The molecular formula is C27H32N6O. The lowest BCUT2D eigenvalue weighted by Crippen LogP contribution is -2.60. The van der Waals surface area contributed by atoms with Gasteiger partial charge in [0.25, 0.3) is 0 Å². The van der Waals surface area contributed by atoms with E-state index in [2.05, 4.69) is 76.7 Å². The van der Waals surface area contributed by atoms with E-state index in [1.165, 1.54) is 5.39 Å². The molecule has 2 aromatic heterocycles.